The highest BCUT2D eigenvalue weighted by Crippen LogP contribution is 2.33. The van der Waals surface area contributed by atoms with Crippen LogP contribution in [0.4, 0.5) is 11.4 Å². The number of ether oxygens (including phenoxy) is 2. The maximum Gasteiger partial charge on any atom is 0.271 e. The topological polar surface area (TPSA) is 132 Å². The summed E-state index contributed by atoms with van der Waals surface area (Å²) in [7, 11) is 2.95. The number of carbonyl (C=O) groups is 1. The Labute approximate surface area is 186 Å². The van der Waals surface area contributed by atoms with Gasteiger partial charge in [-0.1, -0.05) is 23.4 Å². The van der Waals surface area contributed by atoms with Crippen LogP contribution in [0.2, 0.25) is 5.02 Å². The number of benzene rings is 2. The Morgan fingerprint density at radius 3 is 2.61 bits per heavy atom. The molecule has 1 atom stereocenters. The first-order valence-electron chi connectivity index (χ1n) is 8.88. The molecule has 3 rings (SSSR count). The lowest BCUT2D eigenvalue weighted by Gasteiger charge is -2.13. The molecule has 0 spiro atoms. The lowest BCUT2D eigenvalue weighted by atomic mass is 10.2. The van der Waals surface area contributed by atoms with Gasteiger partial charge in [-0.2, -0.15) is 0 Å². The van der Waals surface area contributed by atoms with Crippen molar-refractivity contribution in [2.45, 2.75) is 17.3 Å². The zero-order valence-electron chi connectivity index (χ0n) is 16.7. The van der Waals surface area contributed by atoms with Crippen LogP contribution in [-0.4, -0.2) is 45.5 Å². The fraction of sp³-hybridized carbons (Fsp3) is 0.211. The van der Waals surface area contributed by atoms with Gasteiger partial charge in [-0.3, -0.25) is 20.0 Å². The van der Waals surface area contributed by atoms with Crippen molar-refractivity contribution in [1.82, 2.24) is 15.2 Å². The number of anilines is 1. The van der Waals surface area contributed by atoms with Crippen LogP contribution in [0, 0.1) is 10.1 Å². The van der Waals surface area contributed by atoms with Crippen molar-refractivity contribution >= 4 is 40.6 Å². The lowest BCUT2D eigenvalue weighted by Crippen LogP contribution is -2.23. The van der Waals surface area contributed by atoms with Gasteiger partial charge >= 0.3 is 0 Å². The SMILES string of the molecule is COc1ccc([N+](=O)[O-])cc1NC(=O)C(C)Sc1n[nH]c(-c2cc(Cl)ccc2OC)n1. The van der Waals surface area contributed by atoms with E-state index in [9.17, 15) is 14.9 Å². The predicted octanol–water partition coefficient (Wildman–Crippen LogP) is 4.17. The third-order valence-corrected chi connectivity index (χ3v) is 5.38. The summed E-state index contributed by atoms with van der Waals surface area (Å²) in [6.45, 7) is 1.67. The zero-order valence-corrected chi connectivity index (χ0v) is 18.3. The number of non-ortho nitro benzene ring substituents is 1. The van der Waals surface area contributed by atoms with Gasteiger partial charge < -0.3 is 14.8 Å². The first-order chi connectivity index (χ1) is 14.8. The third-order valence-electron chi connectivity index (χ3n) is 4.18. The number of rotatable bonds is 8. The first-order valence-corrected chi connectivity index (χ1v) is 10.1. The van der Waals surface area contributed by atoms with E-state index >= 15 is 0 Å². The van der Waals surface area contributed by atoms with Gasteiger partial charge in [-0.25, -0.2) is 4.98 Å². The van der Waals surface area contributed by atoms with E-state index < -0.39 is 16.1 Å². The van der Waals surface area contributed by atoms with E-state index in [4.69, 9.17) is 21.1 Å². The fourth-order valence-electron chi connectivity index (χ4n) is 2.64. The summed E-state index contributed by atoms with van der Waals surface area (Å²) in [5.74, 6) is 0.926. The highest BCUT2D eigenvalue weighted by Gasteiger charge is 2.21. The van der Waals surface area contributed by atoms with Gasteiger partial charge in [0.15, 0.2) is 5.82 Å². The zero-order chi connectivity index (χ0) is 22.5. The van der Waals surface area contributed by atoms with E-state index in [1.165, 1.54) is 32.4 Å². The molecule has 0 fully saturated rings. The normalized spacial score (nSPS) is 11.6. The van der Waals surface area contributed by atoms with E-state index in [0.717, 1.165) is 11.8 Å². The Kier molecular flexibility index (Phi) is 6.98. The van der Waals surface area contributed by atoms with Crippen LogP contribution in [-0.2, 0) is 4.79 Å². The van der Waals surface area contributed by atoms with Crippen molar-refractivity contribution in [3.63, 3.8) is 0 Å². The Morgan fingerprint density at radius 2 is 1.94 bits per heavy atom. The lowest BCUT2D eigenvalue weighted by molar-refractivity contribution is -0.384. The predicted molar refractivity (Wildman–Crippen MR) is 117 cm³/mol. The Hall–Kier alpha value is -3.31. The molecule has 0 saturated carbocycles. The molecule has 12 heteroatoms. The number of nitro groups is 1. The molecule has 1 aromatic heterocycles. The van der Waals surface area contributed by atoms with Crippen LogP contribution >= 0.6 is 23.4 Å². The number of nitro benzene ring substituents is 1. The number of halogens is 1. The molecule has 1 unspecified atom stereocenters. The maximum atomic E-state index is 12.6. The van der Waals surface area contributed by atoms with Crippen LogP contribution in [0.5, 0.6) is 11.5 Å². The Balaban J connectivity index is 1.74. The summed E-state index contributed by atoms with van der Waals surface area (Å²) in [5.41, 5.74) is 0.673. The van der Waals surface area contributed by atoms with Crippen LogP contribution in [0.25, 0.3) is 11.4 Å². The third kappa shape index (κ3) is 5.25. The molecular formula is C19H18ClN5O5S. The number of H-pyrrole nitrogens is 1. The van der Waals surface area contributed by atoms with Gasteiger partial charge in [0.25, 0.3) is 5.69 Å². The molecule has 0 radical (unpaired) electrons. The number of methoxy groups -OCH3 is 2. The summed E-state index contributed by atoms with van der Waals surface area (Å²) in [6.07, 6.45) is 0. The molecule has 3 aromatic rings. The number of aromatic amines is 1. The van der Waals surface area contributed by atoms with Gasteiger partial charge in [0.05, 0.1) is 35.6 Å². The van der Waals surface area contributed by atoms with E-state index in [2.05, 4.69) is 20.5 Å². The average Bonchev–Trinajstić information content (AvgIpc) is 3.21. The standard InChI is InChI=1S/C19H18ClN5O5S/c1-10(18(26)21-14-9-12(25(27)28)5-7-16(14)30-3)31-19-22-17(23-24-19)13-8-11(20)4-6-15(13)29-2/h4-10H,1-3H3,(H,21,26)(H,22,23,24). The molecule has 0 saturated heterocycles. The minimum atomic E-state index is -0.603. The van der Waals surface area contributed by atoms with Crippen molar-refractivity contribution in [1.29, 1.82) is 0 Å². The molecule has 31 heavy (non-hydrogen) atoms. The monoisotopic (exact) mass is 463 g/mol. The Bertz CT molecular complexity index is 1120. The number of amides is 1. The second kappa shape index (κ2) is 9.67. The van der Waals surface area contributed by atoms with Gasteiger partial charge in [0.2, 0.25) is 11.1 Å². The van der Waals surface area contributed by atoms with Gasteiger partial charge in [0.1, 0.15) is 11.5 Å². The van der Waals surface area contributed by atoms with Crippen LogP contribution in [0.3, 0.4) is 0 Å². The molecule has 1 heterocycles. The highest BCUT2D eigenvalue weighted by atomic mass is 35.5. The van der Waals surface area contributed by atoms with Gasteiger partial charge in [-0.05, 0) is 31.2 Å². The second-order valence-corrected chi connectivity index (χ2v) is 7.95. The number of nitrogens with one attached hydrogen (secondary N) is 2. The average molecular weight is 464 g/mol. The summed E-state index contributed by atoms with van der Waals surface area (Å²) < 4.78 is 10.5. The minimum Gasteiger partial charge on any atom is -0.496 e. The molecule has 0 bridgehead atoms. The van der Waals surface area contributed by atoms with E-state index in [-0.39, 0.29) is 11.4 Å². The smallest absolute Gasteiger partial charge is 0.271 e. The Morgan fingerprint density at radius 1 is 1.23 bits per heavy atom. The summed E-state index contributed by atoms with van der Waals surface area (Å²) in [6, 6.07) is 9.07. The van der Waals surface area contributed by atoms with Crippen molar-refractivity contribution < 1.29 is 19.2 Å². The molecular weight excluding hydrogens is 446 g/mol. The molecule has 2 N–H and O–H groups in total. The maximum absolute atomic E-state index is 12.6. The van der Waals surface area contributed by atoms with Crippen LogP contribution in [0.1, 0.15) is 6.92 Å². The second-order valence-electron chi connectivity index (χ2n) is 6.20. The molecule has 2 aromatic carbocycles. The number of hydrogen-bond donors (Lipinski definition) is 2. The van der Waals surface area contributed by atoms with Crippen molar-refractivity contribution in [2.75, 3.05) is 19.5 Å². The molecule has 10 nitrogen and oxygen atoms in total. The van der Waals surface area contributed by atoms with Gasteiger partial charge in [0, 0.05) is 17.2 Å². The van der Waals surface area contributed by atoms with Crippen molar-refractivity contribution in [3.8, 4) is 22.9 Å². The van der Waals surface area contributed by atoms with Crippen LogP contribution < -0.4 is 14.8 Å². The largest absolute Gasteiger partial charge is 0.496 e. The highest BCUT2D eigenvalue weighted by molar-refractivity contribution is 8.00. The summed E-state index contributed by atoms with van der Waals surface area (Å²) >= 11 is 7.17. The van der Waals surface area contributed by atoms with Gasteiger partial charge in [-0.15, -0.1) is 5.10 Å². The summed E-state index contributed by atoms with van der Waals surface area (Å²) in [4.78, 5) is 27.5. The molecule has 0 aliphatic heterocycles. The number of nitrogens with zero attached hydrogens (tertiary/aromatic N) is 3. The molecule has 162 valence electrons. The molecule has 1 amide bonds. The molecule has 0 aliphatic rings. The van der Waals surface area contributed by atoms with Crippen LogP contribution in [0.15, 0.2) is 41.6 Å². The minimum absolute atomic E-state index is 0.162. The number of hydrogen-bond acceptors (Lipinski definition) is 8. The van der Waals surface area contributed by atoms with Crippen molar-refractivity contribution in [2.24, 2.45) is 0 Å². The van der Waals surface area contributed by atoms with E-state index in [1.807, 2.05) is 0 Å². The van der Waals surface area contributed by atoms with Crippen molar-refractivity contribution in [3.05, 3.63) is 51.5 Å². The number of carbonyl (C=O) groups excluding carboxylic acids is 1. The quantitative estimate of drug-likeness (QED) is 0.289. The number of thioether (sulfide) groups is 1. The van der Waals surface area contributed by atoms with E-state index in [0.29, 0.717) is 33.1 Å². The summed E-state index contributed by atoms with van der Waals surface area (Å²) in [5, 5.41) is 20.8. The van der Waals surface area contributed by atoms with E-state index in [1.54, 1.807) is 25.1 Å². The fourth-order valence-corrected chi connectivity index (χ4v) is 3.53. The first kappa shape index (κ1) is 22.4. The number of aromatic nitrogens is 3. The molecule has 0 aliphatic carbocycles.